The topological polar surface area (TPSA) is 50.4 Å². The minimum Gasteiger partial charge on any atom is -0.327 e. The third-order valence-corrected chi connectivity index (χ3v) is 2.04. The Morgan fingerprint density at radius 1 is 1.64 bits per heavy atom. The van der Waals surface area contributed by atoms with Crippen LogP contribution in [0.4, 0.5) is 0 Å². The van der Waals surface area contributed by atoms with Gasteiger partial charge in [-0.25, -0.2) is 0 Å². The van der Waals surface area contributed by atoms with E-state index < -0.39 is 0 Å². The van der Waals surface area contributed by atoms with Gasteiger partial charge in [0, 0.05) is 18.7 Å². The van der Waals surface area contributed by atoms with Gasteiger partial charge in [-0.3, -0.25) is 0 Å². The van der Waals surface area contributed by atoms with Gasteiger partial charge in [-0.05, 0) is 5.57 Å². The van der Waals surface area contributed by atoms with Crippen molar-refractivity contribution in [2.24, 2.45) is 16.8 Å². The molecule has 2 atom stereocenters. The van der Waals surface area contributed by atoms with E-state index >= 15 is 0 Å². The van der Waals surface area contributed by atoms with Crippen LogP contribution < -0.4 is 11.2 Å². The predicted molar refractivity (Wildman–Crippen MR) is 45.2 cm³/mol. The van der Waals surface area contributed by atoms with Gasteiger partial charge in [-0.15, -0.1) is 0 Å². The van der Waals surface area contributed by atoms with Crippen LogP contribution in [0.15, 0.2) is 28.9 Å². The van der Waals surface area contributed by atoms with E-state index in [4.69, 9.17) is 5.73 Å². The molecule has 0 bridgehead atoms. The van der Waals surface area contributed by atoms with Crippen molar-refractivity contribution < 1.29 is 0 Å². The van der Waals surface area contributed by atoms with Gasteiger partial charge in [0.1, 0.15) is 0 Å². The Morgan fingerprint density at radius 3 is 3.36 bits per heavy atom. The lowest BCUT2D eigenvalue weighted by Gasteiger charge is -2.16. The van der Waals surface area contributed by atoms with Gasteiger partial charge >= 0.3 is 0 Å². The van der Waals surface area contributed by atoms with E-state index in [1.54, 1.807) is 0 Å². The van der Waals surface area contributed by atoms with Crippen molar-refractivity contribution in [1.29, 1.82) is 0 Å². The summed E-state index contributed by atoms with van der Waals surface area (Å²) in [5, 5.41) is 3.98. The van der Waals surface area contributed by atoms with Gasteiger partial charge in [0.15, 0.2) is 0 Å². The standard InChI is InChI=1S/C8H11N3/c9-4-6-1-2-8-7(3-6)5-10-11-8/h1-3,5,7-8,11H,4,9H2. The normalized spacial score (nSPS) is 33.0. The minimum absolute atomic E-state index is 0.366. The second-order valence-corrected chi connectivity index (χ2v) is 2.82. The number of hydrogen-bond donors (Lipinski definition) is 2. The molecule has 1 heterocycles. The van der Waals surface area contributed by atoms with Crippen LogP contribution in [-0.2, 0) is 0 Å². The minimum atomic E-state index is 0.366. The third kappa shape index (κ3) is 1.07. The number of hydrazone groups is 1. The highest BCUT2D eigenvalue weighted by atomic mass is 15.3. The molecular formula is C8H11N3. The van der Waals surface area contributed by atoms with Crippen molar-refractivity contribution in [3.05, 3.63) is 23.8 Å². The van der Waals surface area contributed by atoms with Gasteiger partial charge in [0.2, 0.25) is 0 Å². The Kier molecular flexibility index (Phi) is 1.51. The Morgan fingerprint density at radius 2 is 2.55 bits per heavy atom. The van der Waals surface area contributed by atoms with Crippen LogP contribution in [0.2, 0.25) is 0 Å². The van der Waals surface area contributed by atoms with Crippen LogP contribution in [-0.4, -0.2) is 18.8 Å². The Bertz CT molecular complexity index is 240. The number of nitrogens with two attached hydrogens (primary N) is 1. The fourth-order valence-electron chi connectivity index (χ4n) is 1.38. The summed E-state index contributed by atoms with van der Waals surface area (Å²) in [7, 11) is 0. The van der Waals surface area contributed by atoms with Crippen LogP contribution in [0, 0.1) is 5.92 Å². The monoisotopic (exact) mass is 149 g/mol. The van der Waals surface area contributed by atoms with E-state index in [2.05, 4.69) is 28.8 Å². The summed E-state index contributed by atoms with van der Waals surface area (Å²) in [6, 6.07) is 0.366. The van der Waals surface area contributed by atoms with E-state index in [0.29, 0.717) is 18.5 Å². The molecule has 58 valence electrons. The molecule has 3 nitrogen and oxygen atoms in total. The van der Waals surface area contributed by atoms with Gasteiger partial charge in [0.25, 0.3) is 0 Å². The molecule has 0 aromatic carbocycles. The quantitative estimate of drug-likeness (QED) is 0.552. The molecule has 3 N–H and O–H groups in total. The highest BCUT2D eigenvalue weighted by molar-refractivity contribution is 5.68. The largest absolute Gasteiger partial charge is 0.327 e. The van der Waals surface area contributed by atoms with Crippen molar-refractivity contribution in [1.82, 2.24) is 5.43 Å². The van der Waals surface area contributed by atoms with Crippen molar-refractivity contribution in [3.8, 4) is 0 Å². The molecule has 0 fully saturated rings. The zero-order chi connectivity index (χ0) is 7.68. The number of fused-ring (bicyclic) bond motifs is 1. The van der Waals surface area contributed by atoms with Gasteiger partial charge < -0.3 is 11.2 Å². The number of rotatable bonds is 1. The summed E-state index contributed by atoms with van der Waals surface area (Å²) in [4.78, 5) is 0. The first-order valence-electron chi connectivity index (χ1n) is 3.78. The molecule has 0 aromatic rings. The van der Waals surface area contributed by atoms with Crippen LogP contribution in [0.3, 0.4) is 0 Å². The molecular weight excluding hydrogens is 138 g/mol. The fraction of sp³-hybridized carbons (Fsp3) is 0.375. The van der Waals surface area contributed by atoms with Gasteiger partial charge in [-0.2, -0.15) is 5.10 Å². The van der Waals surface area contributed by atoms with Gasteiger partial charge in [0.05, 0.1) is 6.04 Å². The molecule has 11 heavy (non-hydrogen) atoms. The first-order chi connectivity index (χ1) is 5.40. The van der Waals surface area contributed by atoms with E-state index in [-0.39, 0.29) is 0 Å². The summed E-state index contributed by atoms with van der Waals surface area (Å²) in [6.07, 6.45) is 8.25. The zero-order valence-electron chi connectivity index (χ0n) is 6.20. The lowest BCUT2D eigenvalue weighted by atomic mass is 9.94. The average molecular weight is 149 g/mol. The summed E-state index contributed by atoms with van der Waals surface area (Å²) in [6.45, 7) is 0.619. The Hall–Kier alpha value is -1.09. The number of nitrogens with one attached hydrogen (secondary N) is 1. The molecule has 0 radical (unpaired) electrons. The summed E-state index contributed by atoms with van der Waals surface area (Å²) in [5.74, 6) is 0.415. The smallest absolute Gasteiger partial charge is 0.0736 e. The number of nitrogens with zero attached hydrogens (tertiary/aromatic N) is 1. The Labute approximate surface area is 65.7 Å². The molecule has 0 saturated heterocycles. The lowest BCUT2D eigenvalue weighted by Crippen LogP contribution is -2.26. The third-order valence-electron chi connectivity index (χ3n) is 2.04. The van der Waals surface area contributed by atoms with E-state index in [1.165, 1.54) is 5.57 Å². The van der Waals surface area contributed by atoms with Gasteiger partial charge in [-0.1, -0.05) is 18.2 Å². The molecule has 1 aliphatic heterocycles. The predicted octanol–water partition coefficient (Wildman–Crippen LogP) is 0.0151. The summed E-state index contributed by atoms with van der Waals surface area (Å²) < 4.78 is 0. The molecule has 0 saturated carbocycles. The average Bonchev–Trinajstić information content (AvgIpc) is 2.50. The summed E-state index contributed by atoms with van der Waals surface area (Å²) >= 11 is 0. The zero-order valence-corrected chi connectivity index (χ0v) is 6.20. The highest BCUT2D eigenvalue weighted by Gasteiger charge is 2.21. The van der Waals surface area contributed by atoms with Crippen LogP contribution in [0.25, 0.3) is 0 Å². The van der Waals surface area contributed by atoms with E-state index in [9.17, 15) is 0 Å². The Balaban J connectivity index is 2.19. The van der Waals surface area contributed by atoms with Crippen molar-refractivity contribution in [2.45, 2.75) is 6.04 Å². The van der Waals surface area contributed by atoms with Crippen LogP contribution in [0.1, 0.15) is 0 Å². The molecule has 0 aromatic heterocycles. The molecule has 2 rings (SSSR count). The maximum atomic E-state index is 5.50. The van der Waals surface area contributed by atoms with Crippen LogP contribution >= 0.6 is 0 Å². The highest BCUT2D eigenvalue weighted by Crippen LogP contribution is 2.18. The van der Waals surface area contributed by atoms with Crippen molar-refractivity contribution >= 4 is 6.21 Å². The molecule has 2 aliphatic rings. The SMILES string of the molecule is NCC1=CC2C=NNC2C=C1. The lowest BCUT2D eigenvalue weighted by molar-refractivity contribution is 0.618. The molecule has 1 aliphatic carbocycles. The first kappa shape index (κ1) is 6.61. The van der Waals surface area contributed by atoms with Crippen molar-refractivity contribution in [2.75, 3.05) is 6.54 Å². The van der Waals surface area contributed by atoms with E-state index in [1.807, 2.05) is 6.21 Å². The maximum absolute atomic E-state index is 5.50. The molecule has 2 unspecified atom stereocenters. The van der Waals surface area contributed by atoms with Crippen LogP contribution in [0.5, 0.6) is 0 Å². The second kappa shape index (κ2) is 2.51. The van der Waals surface area contributed by atoms with E-state index in [0.717, 1.165) is 0 Å². The molecule has 0 spiro atoms. The first-order valence-corrected chi connectivity index (χ1v) is 3.78. The maximum Gasteiger partial charge on any atom is 0.0736 e. The molecule has 0 amide bonds. The molecule has 3 heteroatoms. The number of hydrogen-bond acceptors (Lipinski definition) is 3. The fourth-order valence-corrected chi connectivity index (χ4v) is 1.38. The van der Waals surface area contributed by atoms with Crippen molar-refractivity contribution in [3.63, 3.8) is 0 Å². The second-order valence-electron chi connectivity index (χ2n) is 2.82. The summed E-state index contributed by atoms with van der Waals surface area (Å²) in [5.41, 5.74) is 9.70.